The largest absolute Gasteiger partial charge is 0.394 e. The lowest BCUT2D eigenvalue weighted by molar-refractivity contribution is 0.200. The van der Waals surface area contributed by atoms with Crippen LogP contribution in [0.4, 0.5) is 16.3 Å². The molecule has 1 saturated heterocycles. The Labute approximate surface area is 101 Å². The lowest BCUT2D eigenvalue weighted by atomic mass is 10.1. The van der Waals surface area contributed by atoms with Gasteiger partial charge >= 0.3 is 6.03 Å². The van der Waals surface area contributed by atoms with E-state index >= 15 is 0 Å². The highest BCUT2D eigenvalue weighted by atomic mass is 16.2. The van der Waals surface area contributed by atoms with Gasteiger partial charge in [-0.25, -0.2) is 4.79 Å². The third kappa shape index (κ3) is 2.35. The number of likely N-dealkylation sites (tertiary alicyclic amines) is 1. The SMILES string of the molecule is Cc1nn(C)c(NC(=O)N2CCCCC2)c1N. The Bertz CT molecular complexity index is 420. The Morgan fingerprint density at radius 2 is 2.00 bits per heavy atom. The van der Waals surface area contributed by atoms with Crippen molar-refractivity contribution in [1.29, 1.82) is 0 Å². The molecule has 17 heavy (non-hydrogen) atoms. The van der Waals surface area contributed by atoms with Crippen molar-refractivity contribution in [3.63, 3.8) is 0 Å². The Balaban J connectivity index is 2.07. The summed E-state index contributed by atoms with van der Waals surface area (Å²) in [5.74, 6) is 0.582. The predicted octanol–water partition coefficient (Wildman–Crippen LogP) is 1.33. The van der Waals surface area contributed by atoms with Crippen molar-refractivity contribution in [2.24, 2.45) is 7.05 Å². The van der Waals surface area contributed by atoms with Crippen LogP contribution in [0.2, 0.25) is 0 Å². The molecule has 0 bridgehead atoms. The van der Waals surface area contributed by atoms with Gasteiger partial charge in [0.05, 0.1) is 11.4 Å². The smallest absolute Gasteiger partial charge is 0.323 e. The van der Waals surface area contributed by atoms with Crippen LogP contribution in [0, 0.1) is 6.92 Å². The normalized spacial score (nSPS) is 16.0. The average molecular weight is 237 g/mol. The number of amides is 2. The van der Waals surface area contributed by atoms with E-state index in [0.717, 1.165) is 31.6 Å². The number of nitrogens with zero attached hydrogens (tertiary/aromatic N) is 3. The summed E-state index contributed by atoms with van der Waals surface area (Å²) in [6.45, 7) is 3.47. The van der Waals surface area contributed by atoms with Crippen LogP contribution < -0.4 is 11.1 Å². The maximum absolute atomic E-state index is 12.0. The first kappa shape index (κ1) is 11.8. The van der Waals surface area contributed by atoms with E-state index in [2.05, 4.69) is 10.4 Å². The molecule has 0 radical (unpaired) electrons. The number of hydrogen-bond acceptors (Lipinski definition) is 3. The minimum absolute atomic E-state index is 0.0839. The first-order valence-electron chi connectivity index (χ1n) is 5.94. The molecule has 2 amide bonds. The quantitative estimate of drug-likeness (QED) is 0.773. The van der Waals surface area contributed by atoms with Crippen LogP contribution in [-0.2, 0) is 7.05 Å². The van der Waals surface area contributed by atoms with Gasteiger partial charge in [0.15, 0.2) is 5.82 Å². The molecule has 2 heterocycles. The van der Waals surface area contributed by atoms with Gasteiger partial charge in [-0.1, -0.05) is 0 Å². The molecule has 0 aliphatic carbocycles. The summed E-state index contributed by atoms with van der Waals surface area (Å²) in [7, 11) is 1.77. The van der Waals surface area contributed by atoms with E-state index in [1.54, 1.807) is 11.7 Å². The van der Waals surface area contributed by atoms with E-state index in [0.29, 0.717) is 11.5 Å². The second kappa shape index (κ2) is 4.65. The fourth-order valence-corrected chi connectivity index (χ4v) is 2.10. The molecule has 0 aromatic carbocycles. The van der Waals surface area contributed by atoms with Gasteiger partial charge in [0.25, 0.3) is 0 Å². The lowest BCUT2D eigenvalue weighted by Crippen LogP contribution is -2.39. The first-order chi connectivity index (χ1) is 8.09. The van der Waals surface area contributed by atoms with E-state index in [4.69, 9.17) is 5.73 Å². The number of anilines is 2. The summed E-state index contributed by atoms with van der Waals surface area (Å²) in [5.41, 5.74) is 7.14. The second-order valence-electron chi connectivity index (χ2n) is 4.45. The molecule has 94 valence electrons. The lowest BCUT2D eigenvalue weighted by Gasteiger charge is -2.26. The van der Waals surface area contributed by atoms with Crippen LogP contribution >= 0.6 is 0 Å². The van der Waals surface area contributed by atoms with Crippen LogP contribution in [0.25, 0.3) is 0 Å². The zero-order chi connectivity index (χ0) is 12.4. The fourth-order valence-electron chi connectivity index (χ4n) is 2.10. The van der Waals surface area contributed by atoms with Crippen LogP contribution in [0.5, 0.6) is 0 Å². The topological polar surface area (TPSA) is 76.2 Å². The van der Waals surface area contributed by atoms with Crippen molar-refractivity contribution in [2.75, 3.05) is 24.1 Å². The van der Waals surface area contributed by atoms with Gasteiger partial charge in [0.2, 0.25) is 0 Å². The van der Waals surface area contributed by atoms with Crippen molar-refractivity contribution in [3.8, 4) is 0 Å². The van der Waals surface area contributed by atoms with E-state index in [1.807, 2.05) is 11.8 Å². The molecular weight excluding hydrogens is 218 g/mol. The molecular formula is C11H19N5O. The molecule has 0 saturated carbocycles. The molecule has 0 unspecified atom stereocenters. The van der Waals surface area contributed by atoms with Crippen molar-refractivity contribution in [2.45, 2.75) is 26.2 Å². The van der Waals surface area contributed by atoms with Crippen LogP contribution in [-0.4, -0.2) is 33.8 Å². The highest BCUT2D eigenvalue weighted by Crippen LogP contribution is 2.21. The number of carbonyl (C=O) groups is 1. The number of rotatable bonds is 1. The molecule has 6 heteroatoms. The number of aryl methyl sites for hydroxylation is 2. The number of hydrogen-bond donors (Lipinski definition) is 2. The number of piperidine rings is 1. The molecule has 1 fully saturated rings. The van der Waals surface area contributed by atoms with Gasteiger partial charge in [-0.3, -0.25) is 10.00 Å². The van der Waals surface area contributed by atoms with Gasteiger partial charge in [-0.05, 0) is 26.2 Å². The predicted molar refractivity (Wildman–Crippen MR) is 66.8 cm³/mol. The Morgan fingerprint density at radius 3 is 2.53 bits per heavy atom. The van der Waals surface area contributed by atoms with Gasteiger partial charge in [0, 0.05) is 20.1 Å². The van der Waals surface area contributed by atoms with E-state index < -0.39 is 0 Å². The van der Waals surface area contributed by atoms with E-state index in [1.165, 1.54) is 6.42 Å². The first-order valence-corrected chi connectivity index (χ1v) is 5.94. The number of nitrogen functional groups attached to an aromatic ring is 1. The average Bonchev–Trinajstić information content (AvgIpc) is 2.57. The second-order valence-corrected chi connectivity index (χ2v) is 4.45. The fraction of sp³-hybridized carbons (Fsp3) is 0.636. The van der Waals surface area contributed by atoms with Gasteiger partial charge in [0.1, 0.15) is 0 Å². The van der Waals surface area contributed by atoms with Crippen molar-refractivity contribution < 1.29 is 4.79 Å². The summed E-state index contributed by atoms with van der Waals surface area (Å²) in [5, 5.41) is 7.00. The van der Waals surface area contributed by atoms with Crippen LogP contribution in [0.1, 0.15) is 25.0 Å². The monoisotopic (exact) mass is 237 g/mol. The minimum Gasteiger partial charge on any atom is -0.394 e. The van der Waals surface area contributed by atoms with Crippen LogP contribution in [0.15, 0.2) is 0 Å². The van der Waals surface area contributed by atoms with Crippen molar-refractivity contribution in [1.82, 2.24) is 14.7 Å². The Kier molecular flexibility index (Phi) is 3.21. The standard InChI is InChI=1S/C11H19N5O/c1-8-9(12)10(15(2)14-8)13-11(17)16-6-4-3-5-7-16/h3-7,12H2,1-2H3,(H,13,17). The number of urea groups is 1. The maximum atomic E-state index is 12.0. The van der Waals surface area contributed by atoms with E-state index in [-0.39, 0.29) is 6.03 Å². The summed E-state index contributed by atoms with van der Waals surface area (Å²) in [6.07, 6.45) is 3.36. The zero-order valence-corrected chi connectivity index (χ0v) is 10.4. The third-order valence-corrected chi connectivity index (χ3v) is 3.14. The highest BCUT2D eigenvalue weighted by Gasteiger charge is 2.19. The van der Waals surface area contributed by atoms with E-state index in [9.17, 15) is 4.79 Å². The van der Waals surface area contributed by atoms with Crippen molar-refractivity contribution >= 4 is 17.5 Å². The maximum Gasteiger partial charge on any atom is 0.323 e. The molecule has 1 aliphatic rings. The van der Waals surface area contributed by atoms with Crippen LogP contribution in [0.3, 0.4) is 0 Å². The summed E-state index contributed by atoms with van der Waals surface area (Å²) in [4.78, 5) is 13.8. The van der Waals surface area contributed by atoms with Crippen molar-refractivity contribution in [3.05, 3.63) is 5.69 Å². The highest BCUT2D eigenvalue weighted by molar-refractivity contribution is 5.91. The summed E-state index contributed by atoms with van der Waals surface area (Å²) < 4.78 is 1.60. The Morgan fingerprint density at radius 1 is 1.35 bits per heavy atom. The number of nitrogens with two attached hydrogens (primary N) is 1. The molecule has 6 nitrogen and oxygen atoms in total. The molecule has 0 spiro atoms. The van der Waals surface area contributed by atoms with Gasteiger partial charge in [-0.15, -0.1) is 0 Å². The van der Waals surface area contributed by atoms with Gasteiger partial charge in [-0.2, -0.15) is 5.10 Å². The van der Waals surface area contributed by atoms with Gasteiger partial charge < -0.3 is 10.6 Å². The number of aromatic nitrogens is 2. The molecule has 2 rings (SSSR count). The minimum atomic E-state index is -0.0839. The molecule has 1 aromatic rings. The zero-order valence-electron chi connectivity index (χ0n) is 10.4. The number of carbonyl (C=O) groups excluding carboxylic acids is 1. The third-order valence-electron chi connectivity index (χ3n) is 3.14. The number of nitrogens with one attached hydrogen (secondary N) is 1. The molecule has 1 aromatic heterocycles. The molecule has 3 N–H and O–H groups in total. The molecule has 1 aliphatic heterocycles. The molecule has 0 atom stereocenters. The summed E-state index contributed by atoms with van der Waals surface area (Å²) >= 11 is 0. The summed E-state index contributed by atoms with van der Waals surface area (Å²) in [6, 6.07) is -0.0839. The Hall–Kier alpha value is -1.72.